The predicted molar refractivity (Wildman–Crippen MR) is 71.9 cm³/mol. The summed E-state index contributed by atoms with van der Waals surface area (Å²) in [5.74, 6) is 1.53. The standard InChI is InChI=1S/C13H20BrNO/c1-3-10(2)9-16-13-11(7-8-15)5-4-6-12(13)14/h4-6,10H,3,7-9,15H2,1-2H3. The van der Waals surface area contributed by atoms with Crippen molar-refractivity contribution in [1.29, 1.82) is 0 Å². The zero-order valence-corrected chi connectivity index (χ0v) is 11.6. The van der Waals surface area contributed by atoms with Gasteiger partial charge in [-0.3, -0.25) is 0 Å². The van der Waals surface area contributed by atoms with Crippen molar-refractivity contribution in [2.24, 2.45) is 11.7 Å². The second kappa shape index (κ2) is 6.92. The average molecular weight is 286 g/mol. The van der Waals surface area contributed by atoms with Crippen LogP contribution in [0.3, 0.4) is 0 Å². The second-order valence-electron chi connectivity index (χ2n) is 4.09. The van der Waals surface area contributed by atoms with E-state index in [0.29, 0.717) is 12.5 Å². The van der Waals surface area contributed by atoms with E-state index in [1.165, 1.54) is 5.56 Å². The first-order chi connectivity index (χ1) is 7.69. The highest BCUT2D eigenvalue weighted by Gasteiger charge is 2.08. The summed E-state index contributed by atoms with van der Waals surface area (Å²) in [6.45, 7) is 5.78. The largest absolute Gasteiger partial charge is 0.492 e. The number of nitrogens with two attached hydrogens (primary N) is 1. The smallest absolute Gasteiger partial charge is 0.136 e. The van der Waals surface area contributed by atoms with E-state index in [1.807, 2.05) is 12.1 Å². The molecule has 16 heavy (non-hydrogen) atoms. The molecular formula is C13H20BrNO. The maximum absolute atomic E-state index is 5.87. The summed E-state index contributed by atoms with van der Waals surface area (Å²) >= 11 is 3.52. The van der Waals surface area contributed by atoms with Gasteiger partial charge < -0.3 is 10.5 Å². The molecule has 0 aliphatic heterocycles. The Morgan fingerprint density at radius 1 is 1.44 bits per heavy atom. The van der Waals surface area contributed by atoms with Gasteiger partial charge in [-0.1, -0.05) is 32.4 Å². The fraction of sp³-hybridized carbons (Fsp3) is 0.538. The SMILES string of the molecule is CCC(C)COc1c(Br)cccc1CCN. The summed E-state index contributed by atoms with van der Waals surface area (Å²) < 4.78 is 6.89. The summed E-state index contributed by atoms with van der Waals surface area (Å²) in [5, 5.41) is 0. The van der Waals surface area contributed by atoms with Crippen LogP contribution in [-0.4, -0.2) is 13.2 Å². The van der Waals surface area contributed by atoms with Crippen LogP contribution < -0.4 is 10.5 Å². The van der Waals surface area contributed by atoms with Crippen molar-refractivity contribution in [3.05, 3.63) is 28.2 Å². The summed E-state index contributed by atoms with van der Waals surface area (Å²) in [6.07, 6.45) is 1.99. The fourth-order valence-corrected chi connectivity index (χ4v) is 1.93. The minimum Gasteiger partial charge on any atom is -0.492 e. The van der Waals surface area contributed by atoms with Gasteiger partial charge in [0.2, 0.25) is 0 Å². The van der Waals surface area contributed by atoms with E-state index in [9.17, 15) is 0 Å². The zero-order chi connectivity index (χ0) is 12.0. The Bertz CT molecular complexity index is 328. The van der Waals surface area contributed by atoms with Gasteiger partial charge in [-0.25, -0.2) is 0 Å². The molecule has 0 spiro atoms. The molecule has 0 aromatic heterocycles. The molecule has 2 N–H and O–H groups in total. The molecule has 0 radical (unpaired) electrons. The van der Waals surface area contributed by atoms with E-state index in [0.717, 1.165) is 29.7 Å². The van der Waals surface area contributed by atoms with Crippen molar-refractivity contribution in [3.63, 3.8) is 0 Å². The molecule has 1 unspecified atom stereocenters. The van der Waals surface area contributed by atoms with Crippen molar-refractivity contribution in [2.45, 2.75) is 26.7 Å². The number of ether oxygens (including phenoxy) is 1. The molecule has 2 nitrogen and oxygen atoms in total. The lowest BCUT2D eigenvalue weighted by molar-refractivity contribution is 0.253. The van der Waals surface area contributed by atoms with E-state index in [2.05, 4.69) is 35.8 Å². The molecule has 90 valence electrons. The van der Waals surface area contributed by atoms with Crippen LogP contribution in [0.4, 0.5) is 0 Å². The minimum atomic E-state index is 0.581. The molecule has 0 saturated heterocycles. The average Bonchev–Trinajstić information content (AvgIpc) is 2.28. The first-order valence-electron chi connectivity index (χ1n) is 5.79. The van der Waals surface area contributed by atoms with Crippen molar-refractivity contribution in [2.75, 3.05) is 13.2 Å². The van der Waals surface area contributed by atoms with Crippen LogP contribution in [0.2, 0.25) is 0 Å². The fourth-order valence-electron chi connectivity index (χ4n) is 1.41. The van der Waals surface area contributed by atoms with Gasteiger partial charge in [0.15, 0.2) is 0 Å². The minimum absolute atomic E-state index is 0.581. The number of hydrogen-bond donors (Lipinski definition) is 1. The molecular weight excluding hydrogens is 266 g/mol. The summed E-state index contributed by atoms with van der Waals surface area (Å²) in [4.78, 5) is 0. The summed E-state index contributed by atoms with van der Waals surface area (Å²) in [7, 11) is 0. The Kier molecular flexibility index (Phi) is 5.85. The molecule has 1 aromatic rings. The van der Waals surface area contributed by atoms with Crippen molar-refractivity contribution in [3.8, 4) is 5.75 Å². The molecule has 3 heteroatoms. The van der Waals surface area contributed by atoms with Crippen LogP contribution in [0.5, 0.6) is 5.75 Å². The Morgan fingerprint density at radius 2 is 2.19 bits per heavy atom. The molecule has 0 fully saturated rings. The molecule has 0 heterocycles. The summed E-state index contributed by atoms with van der Waals surface area (Å²) in [5.41, 5.74) is 6.77. The lowest BCUT2D eigenvalue weighted by Crippen LogP contribution is -2.10. The molecule has 1 rings (SSSR count). The van der Waals surface area contributed by atoms with Gasteiger partial charge >= 0.3 is 0 Å². The van der Waals surface area contributed by atoms with Gasteiger partial charge in [-0.15, -0.1) is 0 Å². The number of halogens is 1. The number of hydrogen-bond acceptors (Lipinski definition) is 2. The highest BCUT2D eigenvalue weighted by molar-refractivity contribution is 9.10. The molecule has 0 aliphatic rings. The monoisotopic (exact) mass is 285 g/mol. The van der Waals surface area contributed by atoms with E-state index in [-0.39, 0.29) is 0 Å². The molecule has 1 aromatic carbocycles. The van der Waals surface area contributed by atoms with Gasteiger partial charge in [0, 0.05) is 0 Å². The molecule has 0 aliphatic carbocycles. The molecule has 0 bridgehead atoms. The van der Waals surface area contributed by atoms with Crippen LogP contribution in [0.25, 0.3) is 0 Å². The Balaban J connectivity index is 2.75. The van der Waals surface area contributed by atoms with E-state index >= 15 is 0 Å². The van der Waals surface area contributed by atoms with Gasteiger partial charge in [0.25, 0.3) is 0 Å². The normalized spacial score (nSPS) is 12.5. The third-order valence-corrected chi connectivity index (χ3v) is 3.30. The van der Waals surface area contributed by atoms with Gasteiger partial charge in [0.05, 0.1) is 11.1 Å². The molecule has 0 saturated carbocycles. The van der Waals surface area contributed by atoms with Gasteiger partial charge in [0.1, 0.15) is 5.75 Å². The van der Waals surface area contributed by atoms with Gasteiger partial charge in [-0.2, -0.15) is 0 Å². The third kappa shape index (κ3) is 3.80. The molecule has 1 atom stereocenters. The van der Waals surface area contributed by atoms with Crippen molar-refractivity contribution >= 4 is 15.9 Å². The number of rotatable bonds is 6. The first kappa shape index (κ1) is 13.5. The van der Waals surface area contributed by atoms with Gasteiger partial charge in [-0.05, 0) is 46.4 Å². The van der Waals surface area contributed by atoms with Crippen LogP contribution in [0, 0.1) is 5.92 Å². The molecule has 0 amide bonds. The highest BCUT2D eigenvalue weighted by Crippen LogP contribution is 2.29. The van der Waals surface area contributed by atoms with E-state index < -0.39 is 0 Å². The zero-order valence-electron chi connectivity index (χ0n) is 10.0. The third-order valence-electron chi connectivity index (χ3n) is 2.67. The first-order valence-corrected chi connectivity index (χ1v) is 6.58. The Morgan fingerprint density at radius 3 is 2.81 bits per heavy atom. The quantitative estimate of drug-likeness (QED) is 0.870. The Labute approximate surface area is 106 Å². The van der Waals surface area contributed by atoms with E-state index in [4.69, 9.17) is 10.5 Å². The highest BCUT2D eigenvalue weighted by atomic mass is 79.9. The van der Waals surface area contributed by atoms with Crippen LogP contribution in [0.15, 0.2) is 22.7 Å². The number of para-hydroxylation sites is 1. The lowest BCUT2D eigenvalue weighted by atomic mass is 10.1. The van der Waals surface area contributed by atoms with Crippen LogP contribution in [-0.2, 0) is 6.42 Å². The lowest BCUT2D eigenvalue weighted by Gasteiger charge is -2.15. The predicted octanol–water partition coefficient (Wildman–Crippen LogP) is 3.38. The van der Waals surface area contributed by atoms with E-state index in [1.54, 1.807) is 0 Å². The maximum atomic E-state index is 5.87. The van der Waals surface area contributed by atoms with Crippen LogP contribution in [0.1, 0.15) is 25.8 Å². The van der Waals surface area contributed by atoms with Crippen molar-refractivity contribution < 1.29 is 4.74 Å². The van der Waals surface area contributed by atoms with Crippen LogP contribution >= 0.6 is 15.9 Å². The topological polar surface area (TPSA) is 35.2 Å². The summed E-state index contributed by atoms with van der Waals surface area (Å²) in [6, 6.07) is 6.10. The Hall–Kier alpha value is -0.540. The van der Waals surface area contributed by atoms with Crippen molar-refractivity contribution in [1.82, 2.24) is 0 Å². The second-order valence-corrected chi connectivity index (χ2v) is 4.95. The maximum Gasteiger partial charge on any atom is 0.136 e. The number of benzene rings is 1.